The van der Waals surface area contributed by atoms with Crippen molar-refractivity contribution in [2.45, 2.75) is 13.0 Å². The second kappa shape index (κ2) is 5.95. The average Bonchev–Trinajstić information content (AvgIpc) is 2.78. The molecule has 2 rings (SSSR count). The summed E-state index contributed by atoms with van der Waals surface area (Å²) in [4.78, 5) is 6.63. The van der Waals surface area contributed by atoms with Crippen LogP contribution in [-0.4, -0.2) is 36.7 Å². The molecule has 1 aromatic heterocycles. The van der Waals surface area contributed by atoms with Crippen molar-refractivity contribution in [1.82, 2.24) is 9.88 Å². The summed E-state index contributed by atoms with van der Waals surface area (Å²) in [7, 11) is 1.76. The highest BCUT2D eigenvalue weighted by Crippen LogP contribution is 2.20. The number of ether oxygens (including phenoxy) is 1. The minimum Gasteiger partial charge on any atom is -0.384 e. The lowest BCUT2D eigenvalue weighted by Crippen LogP contribution is -2.23. The fraction of sp³-hybridized carbons (Fsp3) is 0.583. The van der Waals surface area contributed by atoms with Gasteiger partial charge in [-0.05, 0) is 24.9 Å². The summed E-state index contributed by atoms with van der Waals surface area (Å²) in [5.74, 6) is 6.87. The second-order valence-corrected chi connectivity index (χ2v) is 4.50. The van der Waals surface area contributed by atoms with Gasteiger partial charge in [0.25, 0.3) is 0 Å². The molecule has 2 heterocycles. The Labute approximate surface area is 102 Å². The fourth-order valence-corrected chi connectivity index (χ4v) is 2.37. The van der Waals surface area contributed by atoms with Gasteiger partial charge in [-0.15, -0.1) is 0 Å². The smallest absolute Gasteiger partial charge is 0.144 e. The number of hydrogen-bond acceptors (Lipinski definition) is 5. The number of anilines is 1. The minimum atomic E-state index is 0.658. The van der Waals surface area contributed by atoms with Crippen LogP contribution in [0.1, 0.15) is 12.0 Å². The Hall–Kier alpha value is -1.17. The maximum atomic E-state index is 5.45. The van der Waals surface area contributed by atoms with E-state index in [1.807, 2.05) is 6.07 Å². The number of hydrazine groups is 1. The summed E-state index contributed by atoms with van der Waals surface area (Å²) in [5, 5.41) is 0. The number of methoxy groups -OCH3 is 1. The molecule has 0 aliphatic carbocycles. The summed E-state index contributed by atoms with van der Waals surface area (Å²) in [5.41, 5.74) is 3.79. The molecule has 0 spiro atoms. The van der Waals surface area contributed by atoms with E-state index >= 15 is 0 Å². The summed E-state index contributed by atoms with van der Waals surface area (Å²) < 4.78 is 5.20. The van der Waals surface area contributed by atoms with Gasteiger partial charge in [0.15, 0.2) is 0 Å². The monoisotopic (exact) mass is 236 g/mol. The molecule has 0 amide bonds. The lowest BCUT2D eigenvalue weighted by molar-refractivity contribution is 0.152. The lowest BCUT2D eigenvalue weighted by atomic mass is 10.1. The van der Waals surface area contributed by atoms with E-state index in [9.17, 15) is 0 Å². The van der Waals surface area contributed by atoms with Gasteiger partial charge < -0.3 is 10.2 Å². The van der Waals surface area contributed by atoms with Gasteiger partial charge in [-0.25, -0.2) is 10.8 Å². The van der Waals surface area contributed by atoms with E-state index in [-0.39, 0.29) is 0 Å². The van der Waals surface area contributed by atoms with Gasteiger partial charge in [0.2, 0.25) is 0 Å². The van der Waals surface area contributed by atoms with Crippen LogP contribution in [0.4, 0.5) is 5.82 Å². The number of likely N-dealkylation sites (tertiary alicyclic amines) is 1. The van der Waals surface area contributed by atoms with Crippen molar-refractivity contribution in [2.24, 2.45) is 11.8 Å². The van der Waals surface area contributed by atoms with Crippen LogP contribution in [0.3, 0.4) is 0 Å². The second-order valence-electron chi connectivity index (χ2n) is 4.50. The van der Waals surface area contributed by atoms with E-state index in [2.05, 4.69) is 21.4 Å². The number of nitrogens with zero attached hydrogens (tertiary/aromatic N) is 2. The predicted octanol–water partition coefficient (Wildman–Crippen LogP) is 0.836. The Morgan fingerprint density at radius 1 is 1.65 bits per heavy atom. The zero-order valence-corrected chi connectivity index (χ0v) is 10.2. The van der Waals surface area contributed by atoms with Crippen LogP contribution < -0.4 is 11.3 Å². The Bertz CT molecular complexity index is 358. The molecule has 1 saturated heterocycles. The van der Waals surface area contributed by atoms with Gasteiger partial charge >= 0.3 is 0 Å². The molecule has 1 unspecified atom stereocenters. The minimum absolute atomic E-state index is 0.658. The van der Waals surface area contributed by atoms with Gasteiger partial charge in [-0.1, -0.05) is 6.07 Å². The predicted molar refractivity (Wildman–Crippen MR) is 67.3 cm³/mol. The number of nitrogens with one attached hydrogen (secondary N) is 1. The van der Waals surface area contributed by atoms with E-state index in [4.69, 9.17) is 10.6 Å². The molecule has 1 aliphatic rings. The molecule has 1 fully saturated rings. The Morgan fingerprint density at radius 3 is 3.29 bits per heavy atom. The number of rotatable bonds is 5. The molecule has 0 radical (unpaired) electrons. The highest BCUT2D eigenvalue weighted by atomic mass is 16.5. The quantitative estimate of drug-likeness (QED) is 0.586. The molecular weight excluding hydrogens is 216 g/mol. The van der Waals surface area contributed by atoms with Crippen molar-refractivity contribution < 1.29 is 4.74 Å². The average molecular weight is 236 g/mol. The summed E-state index contributed by atoms with van der Waals surface area (Å²) in [6, 6.07) is 4.00. The summed E-state index contributed by atoms with van der Waals surface area (Å²) in [6.45, 7) is 3.96. The molecule has 3 N–H and O–H groups in total. The SMILES string of the molecule is COCC1CCN(Cc2cccnc2NN)C1. The summed E-state index contributed by atoms with van der Waals surface area (Å²) >= 11 is 0. The van der Waals surface area contributed by atoms with Crippen molar-refractivity contribution in [3.63, 3.8) is 0 Å². The van der Waals surface area contributed by atoms with E-state index in [0.717, 1.165) is 37.6 Å². The molecule has 17 heavy (non-hydrogen) atoms. The van der Waals surface area contributed by atoms with Crippen molar-refractivity contribution >= 4 is 5.82 Å². The third-order valence-electron chi connectivity index (χ3n) is 3.19. The first kappa shape index (κ1) is 12.3. The first-order valence-electron chi connectivity index (χ1n) is 5.95. The Kier molecular flexibility index (Phi) is 4.30. The van der Waals surface area contributed by atoms with Gasteiger partial charge in [0.1, 0.15) is 5.82 Å². The van der Waals surface area contributed by atoms with Crippen LogP contribution >= 0.6 is 0 Å². The van der Waals surface area contributed by atoms with E-state index in [1.165, 1.54) is 6.42 Å². The largest absolute Gasteiger partial charge is 0.384 e. The highest BCUT2D eigenvalue weighted by Gasteiger charge is 2.22. The zero-order valence-electron chi connectivity index (χ0n) is 10.2. The number of nitrogen functional groups attached to an aromatic ring is 1. The van der Waals surface area contributed by atoms with Crippen LogP contribution in [0.25, 0.3) is 0 Å². The molecule has 5 heteroatoms. The number of pyridine rings is 1. The van der Waals surface area contributed by atoms with Crippen molar-refractivity contribution in [1.29, 1.82) is 0 Å². The number of nitrogens with two attached hydrogens (primary N) is 1. The fourth-order valence-electron chi connectivity index (χ4n) is 2.37. The van der Waals surface area contributed by atoms with E-state index < -0.39 is 0 Å². The molecule has 0 bridgehead atoms. The zero-order chi connectivity index (χ0) is 12.1. The molecule has 5 nitrogen and oxygen atoms in total. The normalized spacial score (nSPS) is 20.7. The molecule has 0 aromatic carbocycles. The van der Waals surface area contributed by atoms with Crippen molar-refractivity contribution in [3.8, 4) is 0 Å². The van der Waals surface area contributed by atoms with E-state index in [0.29, 0.717) is 5.92 Å². The first-order chi connectivity index (χ1) is 8.33. The molecule has 1 aliphatic heterocycles. The Balaban J connectivity index is 1.93. The van der Waals surface area contributed by atoms with Gasteiger partial charge in [-0.3, -0.25) is 4.90 Å². The molecule has 94 valence electrons. The topological polar surface area (TPSA) is 63.4 Å². The van der Waals surface area contributed by atoms with Crippen molar-refractivity contribution in [3.05, 3.63) is 23.9 Å². The Morgan fingerprint density at radius 2 is 2.53 bits per heavy atom. The summed E-state index contributed by atoms with van der Waals surface area (Å²) in [6.07, 6.45) is 2.95. The first-order valence-corrected chi connectivity index (χ1v) is 5.95. The molecule has 1 aromatic rings. The standard InChI is InChI=1S/C12H20N4O/c1-17-9-10-4-6-16(7-10)8-11-3-2-5-14-12(11)15-13/h2-3,5,10H,4,6-9,13H2,1H3,(H,14,15). The van der Waals surface area contributed by atoms with Crippen LogP contribution in [0, 0.1) is 5.92 Å². The van der Waals surface area contributed by atoms with Gasteiger partial charge in [0, 0.05) is 32.0 Å². The van der Waals surface area contributed by atoms with Crippen LogP contribution in [-0.2, 0) is 11.3 Å². The molecule has 1 atom stereocenters. The highest BCUT2D eigenvalue weighted by molar-refractivity contribution is 5.42. The molecular formula is C12H20N4O. The lowest BCUT2D eigenvalue weighted by Gasteiger charge is -2.17. The number of hydrogen-bond donors (Lipinski definition) is 2. The van der Waals surface area contributed by atoms with E-state index in [1.54, 1.807) is 13.3 Å². The van der Waals surface area contributed by atoms with Gasteiger partial charge in [0.05, 0.1) is 6.61 Å². The molecule has 0 saturated carbocycles. The van der Waals surface area contributed by atoms with Crippen LogP contribution in [0.15, 0.2) is 18.3 Å². The third-order valence-corrected chi connectivity index (χ3v) is 3.19. The maximum absolute atomic E-state index is 5.45. The van der Waals surface area contributed by atoms with Crippen LogP contribution in [0.5, 0.6) is 0 Å². The third kappa shape index (κ3) is 3.15. The van der Waals surface area contributed by atoms with Crippen molar-refractivity contribution in [2.75, 3.05) is 32.2 Å². The maximum Gasteiger partial charge on any atom is 0.144 e. The van der Waals surface area contributed by atoms with Gasteiger partial charge in [-0.2, -0.15) is 0 Å². The van der Waals surface area contributed by atoms with Crippen LogP contribution in [0.2, 0.25) is 0 Å². The number of aromatic nitrogens is 1.